The van der Waals surface area contributed by atoms with Crippen LogP contribution in [0.1, 0.15) is 34.0 Å². The number of hydrogen-bond acceptors (Lipinski definition) is 5. The molecule has 3 aromatic carbocycles. The van der Waals surface area contributed by atoms with Crippen molar-refractivity contribution in [1.82, 2.24) is 0 Å². The summed E-state index contributed by atoms with van der Waals surface area (Å²) >= 11 is 0. The molecule has 0 aliphatic carbocycles. The predicted molar refractivity (Wildman–Crippen MR) is 128 cm³/mol. The number of esters is 1. The average molecular weight is 445 g/mol. The maximum absolute atomic E-state index is 13.1. The van der Waals surface area contributed by atoms with Crippen molar-refractivity contribution >= 4 is 11.8 Å². The molecule has 0 unspecified atom stereocenters. The molecule has 0 spiro atoms. The molecule has 0 fully saturated rings. The van der Waals surface area contributed by atoms with Gasteiger partial charge in [-0.1, -0.05) is 61.2 Å². The van der Waals surface area contributed by atoms with Gasteiger partial charge in [0.15, 0.2) is 5.78 Å². The third kappa shape index (κ3) is 7.44. The van der Waals surface area contributed by atoms with Crippen molar-refractivity contribution in [3.63, 3.8) is 0 Å². The Hall–Kier alpha value is -3.70. The zero-order valence-corrected chi connectivity index (χ0v) is 18.8. The first-order valence-corrected chi connectivity index (χ1v) is 10.8. The fourth-order valence-corrected chi connectivity index (χ4v) is 3.21. The quantitative estimate of drug-likeness (QED) is 0.170. The molecule has 33 heavy (non-hydrogen) atoms. The van der Waals surface area contributed by atoms with Crippen LogP contribution in [-0.4, -0.2) is 38.2 Å². The van der Waals surface area contributed by atoms with E-state index in [1.54, 1.807) is 31.2 Å². The summed E-state index contributed by atoms with van der Waals surface area (Å²) in [5.74, 6) is 0.217. The monoisotopic (exact) mass is 444 g/mol. The molecule has 0 aliphatic rings. The van der Waals surface area contributed by atoms with Crippen molar-refractivity contribution < 1.29 is 23.8 Å². The van der Waals surface area contributed by atoms with E-state index in [1.807, 2.05) is 42.5 Å². The van der Waals surface area contributed by atoms with Crippen LogP contribution < -0.4 is 4.74 Å². The lowest BCUT2D eigenvalue weighted by molar-refractivity contribution is -0.140. The van der Waals surface area contributed by atoms with E-state index < -0.39 is 5.97 Å². The summed E-state index contributed by atoms with van der Waals surface area (Å²) in [5, 5.41) is 0. The smallest absolute Gasteiger partial charge is 0.333 e. The molecule has 0 aliphatic heterocycles. The molecule has 3 aromatic rings. The Kier molecular flexibility index (Phi) is 8.98. The van der Waals surface area contributed by atoms with Gasteiger partial charge < -0.3 is 14.2 Å². The molecular weight excluding hydrogens is 416 g/mol. The van der Waals surface area contributed by atoms with Gasteiger partial charge in [0.25, 0.3) is 0 Å². The molecule has 0 heterocycles. The predicted octanol–water partition coefficient (Wildman–Crippen LogP) is 5.02. The highest BCUT2D eigenvalue weighted by molar-refractivity contribution is 6.10. The number of ketones is 1. The highest BCUT2D eigenvalue weighted by Gasteiger charge is 2.14. The maximum Gasteiger partial charge on any atom is 0.333 e. The second kappa shape index (κ2) is 12.4. The number of hydrogen-bond donors (Lipinski definition) is 0. The molecule has 3 rings (SSSR count). The van der Waals surface area contributed by atoms with Crippen LogP contribution in [0.5, 0.6) is 5.75 Å². The van der Waals surface area contributed by atoms with Crippen LogP contribution in [0.2, 0.25) is 0 Å². The van der Waals surface area contributed by atoms with Crippen molar-refractivity contribution in [3.8, 4) is 5.75 Å². The Balaban J connectivity index is 1.49. The molecule has 0 amide bonds. The number of carbonyl (C=O) groups excluding carboxylic acids is 2. The third-order valence-corrected chi connectivity index (χ3v) is 4.92. The van der Waals surface area contributed by atoms with E-state index in [0.717, 1.165) is 11.1 Å². The lowest BCUT2D eigenvalue weighted by Crippen LogP contribution is -2.13. The van der Waals surface area contributed by atoms with Gasteiger partial charge >= 0.3 is 5.97 Å². The largest absolute Gasteiger partial charge is 0.491 e. The SMILES string of the molecule is C=C(C)C(=O)OCCOCCOc1ccc(C(=O)c2ccccc2Cc2ccccc2)cc1. The summed E-state index contributed by atoms with van der Waals surface area (Å²) in [6.45, 7) is 6.29. The van der Waals surface area contributed by atoms with Crippen molar-refractivity contribution in [2.45, 2.75) is 13.3 Å². The molecule has 0 atom stereocenters. The molecule has 5 heteroatoms. The van der Waals surface area contributed by atoms with Crippen LogP contribution in [-0.2, 0) is 20.7 Å². The Morgan fingerprint density at radius 3 is 2.18 bits per heavy atom. The molecule has 0 radical (unpaired) electrons. The normalized spacial score (nSPS) is 10.5. The van der Waals surface area contributed by atoms with Gasteiger partial charge in [0.2, 0.25) is 0 Å². The van der Waals surface area contributed by atoms with Gasteiger partial charge in [-0.25, -0.2) is 4.79 Å². The van der Waals surface area contributed by atoms with Gasteiger partial charge in [-0.15, -0.1) is 0 Å². The van der Waals surface area contributed by atoms with E-state index in [0.29, 0.717) is 42.1 Å². The Labute approximate surface area is 194 Å². The number of ether oxygens (including phenoxy) is 3. The second-order valence-electron chi connectivity index (χ2n) is 7.55. The highest BCUT2D eigenvalue weighted by Crippen LogP contribution is 2.20. The first kappa shape index (κ1) is 24.0. The fourth-order valence-electron chi connectivity index (χ4n) is 3.21. The van der Waals surface area contributed by atoms with Gasteiger partial charge in [0, 0.05) is 16.7 Å². The van der Waals surface area contributed by atoms with E-state index in [9.17, 15) is 9.59 Å². The third-order valence-electron chi connectivity index (χ3n) is 4.92. The standard InChI is InChI=1S/C28H28O5/c1-21(2)28(30)33-19-17-31-16-18-32-25-14-12-23(13-15-25)27(29)26-11-7-6-10-24(26)20-22-8-4-3-5-9-22/h3-15H,1,16-20H2,2H3. The number of benzene rings is 3. The minimum Gasteiger partial charge on any atom is -0.491 e. The van der Waals surface area contributed by atoms with Crippen molar-refractivity contribution in [2.24, 2.45) is 0 Å². The summed E-state index contributed by atoms with van der Waals surface area (Å²) < 4.78 is 16.0. The second-order valence-corrected chi connectivity index (χ2v) is 7.55. The molecule has 0 aromatic heterocycles. The molecule has 5 nitrogen and oxygen atoms in total. The Bertz CT molecular complexity index is 1070. The zero-order chi connectivity index (χ0) is 23.5. The number of carbonyl (C=O) groups is 2. The summed E-state index contributed by atoms with van der Waals surface area (Å²) in [6, 6.07) is 24.9. The van der Waals surface area contributed by atoms with E-state index in [-0.39, 0.29) is 19.0 Å². The van der Waals surface area contributed by atoms with Crippen molar-refractivity contribution in [1.29, 1.82) is 0 Å². The van der Waals surface area contributed by atoms with Gasteiger partial charge in [-0.2, -0.15) is 0 Å². The van der Waals surface area contributed by atoms with E-state index in [1.165, 1.54) is 0 Å². The lowest BCUT2D eigenvalue weighted by atomic mass is 9.94. The van der Waals surface area contributed by atoms with E-state index in [2.05, 4.69) is 18.7 Å². The first-order chi connectivity index (χ1) is 16.0. The van der Waals surface area contributed by atoms with E-state index in [4.69, 9.17) is 14.2 Å². The van der Waals surface area contributed by atoms with Crippen LogP contribution in [0.25, 0.3) is 0 Å². The Morgan fingerprint density at radius 2 is 1.45 bits per heavy atom. The van der Waals surface area contributed by atoms with Crippen LogP contribution >= 0.6 is 0 Å². The van der Waals surface area contributed by atoms with E-state index >= 15 is 0 Å². The van der Waals surface area contributed by atoms with Crippen LogP contribution in [0.15, 0.2) is 91.0 Å². The minimum absolute atomic E-state index is 0.0132. The van der Waals surface area contributed by atoms with Gasteiger partial charge in [-0.05, 0) is 48.7 Å². The Morgan fingerprint density at radius 1 is 0.788 bits per heavy atom. The molecule has 170 valence electrons. The molecule has 0 saturated carbocycles. The van der Waals surface area contributed by atoms with Gasteiger partial charge in [0.1, 0.15) is 19.0 Å². The molecule has 0 bridgehead atoms. The van der Waals surface area contributed by atoms with Crippen LogP contribution in [0.4, 0.5) is 0 Å². The summed E-state index contributed by atoms with van der Waals surface area (Å²) in [7, 11) is 0. The molecular formula is C28H28O5. The first-order valence-electron chi connectivity index (χ1n) is 10.8. The number of rotatable bonds is 12. The van der Waals surface area contributed by atoms with Gasteiger partial charge in [0.05, 0.1) is 13.2 Å². The summed E-state index contributed by atoms with van der Waals surface area (Å²) in [6.07, 6.45) is 0.705. The van der Waals surface area contributed by atoms with Crippen LogP contribution in [0.3, 0.4) is 0 Å². The van der Waals surface area contributed by atoms with Gasteiger partial charge in [-0.3, -0.25) is 4.79 Å². The lowest BCUT2D eigenvalue weighted by Gasteiger charge is -2.10. The zero-order valence-electron chi connectivity index (χ0n) is 18.8. The molecule has 0 N–H and O–H groups in total. The maximum atomic E-state index is 13.1. The fraction of sp³-hybridized carbons (Fsp3) is 0.214. The molecule has 0 saturated heterocycles. The minimum atomic E-state index is -0.424. The average Bonchev–Trinajstić information content (AvgIpc) is 2.84. The highest BCUT2D eigenvalue weighted by atomic mass is 16.6. The summed E-state index contributed by atoms with van der Waals surface area (Å²) in [4.78, 5) is 24.4. The topological polar surface area (TPSA) is 61.8 Å². The summed E-state index contributed by atoms with van der Waals surface area (Å²) in [5.41, 5.74) is 3.84. The van der Waals surface area contributed by atoms with Crippen molar-refractivity contribution in [2.75, 3.05) is 26.4 Å². The van der Waals surface area contributed by atoms with Crippen molar-refractivity contribution in [3.05, 3.63) is 113 Å². The van der Waals surface area contributed by atoms with Crippen LogP contribution in [0, 0.1) is 0 Å².